The first-order valence-electron chi connectivity index (χ1n) is 3.81. The quantitative estimate of drug-likeness (QED) is 0.620. The lowest BCUT2D eigenvalue weighted by Gasteiger charge is -2.09. The van der Waals surface area contributed by atoms with E-state index in [1.54, 1.807) is 6.08 Å². The zero-order valence-electron chi connectivity index (χ0n) is 6.79. The molecule has 0 spiro atoms. The van der Waals surface area contributed by atoms with Gasteiger partial charge in [-0.05, 0) is 6.92 Å². The SMILES string of the molecule is C=C(C)COC1C=CC(O)C1. The Hall–Kier alpha value is -0.600. The molecule has 0 amide bonds. The molecule has 1 rings (SSSR count). The lowest BCUT2D eigenvalue weighted by atomic mass is 10.3. The van der Waals surface area contributed by atoms with Crippen LogP contribution in [0.15, 0.2) is 24.3 Å². The predicted octanol–water partition coefficient (Wildman–Crippen LogP) is 1.27. The third-order valence-electron chi connectivity index (χ3n) is 1.57. The van der Waals surface area contributed by atoms with E-state index in [2.05, 4.69) is 6.58 Å². The molecular formula is C9H14O2. The summed E-state index contributed by atoms with van der Waals surface area (Å²) >= 11 is 0. The molecule has 2 nitrogen and oxygen atoms in total. The monoisotopic (exact) mass is 154 g/mol. The molecule has 62 valence electrons. The number of aliphatic hydroxyl groups excluding tert-OH is 1. The van der Waals surface area contributed by atoms with Crippen molar-refractivity contribution >= 4 is 0 Å². The van der Waals surface area contributed by atoms with E-state index in [9.17, 15) is 0 Å². The fourth-order valence-corrected chi connectivity index (χ4v) is 1.02. The van der Waals surface area contributed by atoms with Gasteiger partial charge in [0.1, 0.15) is 0 Å². The van der Waals surface area contributed by atoms with E-state index >= 15 is 0 Å². The zero-order valence-corrected chi connectivity index (χ0v) is 6.79. The Labute approximate surface area is 67.2 Å². The van der Waals surface area contributed by atoms with Crippen molar-refractivity contribution in [2.24, 2.45) is 0 Å². The third kappa shape index (κ3) is 2.87. The molecule has 0 aromatic rings. The highest BCUT2D eigenvalue weighted by molar-refractivity contribution is 5.04. The summed E-state index contributed by atoms with van der Waals surface area (Å²) in [4.78, 5) is 0. The summed E-state index contributed by atoms with van der Waals surface area (Å²) in [6.07, 6.45) is 4.12. The maximum absolute atomic E-state index is 9.08. The van der Waals surface area contributed by atoms with Crippen molar-refractivity contribution in [1.82, 2.24) is 0 Å². The molecule has 0 aliphatic heterocycles. The van der Waals surface area contributed by atoms with E-state index in [1.165, 1.54) is 0 Å². The van der Waals surface area contributed by atoms with Crippen molar-refractivity contribution in [2.45, 2.75) is 25.6 Å². The molecule has 0 fully saturated rings. The van der Waals surface area contributed by atoms with Gasteiger partial charge in [-0.3, -0.25) is 0 Å². The fourth-order valence-electron chi connectivity index (χ4n) is 1.02. The van der Waals surface area contributed by atoms with Crippen LogP contribution in [0.25, 0.3) is 0 Å². The van der Waals surface area contributed by atoms with Gasteiger partial charge in [-0.25, -0.2) is 0 Å². The van der Waals surface area contributed by atoms with Gasteiger partial charge in [0.05, 0.1) is 18.8 Å². The maximum Gasteiger partial charge on any atom is 0.0788 e. The number of ether oxygens (including phenoxy) is 1. The van der Waals surface area contributed by atoms with Crippen molar-refractivity contribution < 1.29 is 9.84 Å². The van der Waals surface area contributed by atoms with Crippen LogP contribution >= 0.6 is 0 Å². The Morgan fingerprint density at radius 1 is 1.73 bits per heavy atom. The maximum atomic E-state index is 9.08. The summed E-state index contributed by atoms with van der Waals surface area (Å²) in [5, 5.41) is 9.08. The second-order valence-corrected chi connectivity index (χ2v) is 2.99. The molecule has 2 atom stereocenters. The molecule has 2 unspecified atom stereocenters. The molecule has 1 N–H and O–H groups in total. The van der Waals surface area contributed by atoms with Crippen LogP contribution in [0.1, 0.15) is 13.3 Å². The molecule has 1 aliphatic rings. The minimum Gasteiger partial charge on any atom is -0.389 e. The van der Waals surface area contributed by atoms with E-state index < -0.39 is 0 Å². The van der Waals surface area contributed by atoms with Crippen LogP contribution < -0.4 is 0 Å². The van der Waals surface area contributed by atoms with E-state index in [0.717, 1.165) is 5.57 Å². The van der Waals surface area contributed by atoms with Gasteiger partial charge in [-0.15, -0.1) is 0 Å². The second kappa shape index (κ2) is 3.69. The Bertz CT molecular complexity index is 172. The summed E-state index contributed by atoms with van der Waals surface area (Å²) in [6, 6.07) is 0. The molecule has 11 heavy (non-hydrogen) atoms. The molecule has 0 heterocycles. The third-order valence-corrected chi connectivity index (χ3v) is 1.57. The van der Waals surface area contributed by atoms with Gasteiger partial charge in [0.25, 0.3) is 0 Å². The fraction of sp³-hybridized carbons (Fsp3) is 0.556. The number of rotatable bonds is 3. The van der Waals surface area contributed by atoms with Crippen molar-refractivity contribution in [3.63, 3.8) is 0 Å². The molecule has 0 aromatic heterocycles. The molecule has 0 saturated heterocycles. The normalized spacial score (nSPS) is 29.3. The summed E-state index contributed by atoms with van der Waals surface area (Å²) in [6.45, 7) is 6.23. The standard InChI is InChI=1S/C9H14O2/c1-7(2)6-11-9-4-3-8(10)5-9/h3-4,8-10H,1,5-6H2,2H3. The number of hydrogen-bond acceptors (Lipinski definition) is 2. The smallest absolute Gasteiger partial charge is 0.0788 e. The van der Waals surface area contributed by atoms with Crippen LogP contribution in [-0.4, -0.2) is 23.9 Å². The van der Waals surface area contributed by atoms with Gasteiger partial charge in [0, 0.05) is 6.42 Å². The minimum atomic E-state index is -0.315. The Balaban J connectivity index is 2.19. The van der Waals surface area contributed by atoms with Gasteiger partial charge in [-0.1, -0.05) is 24.3 Å². The van der Waals surface area contributed by atoms with Crippen LogP contribution in [0, 0.1) is 0 Å². The first-order valence-corrected chi connectivity index (χ1v) is 3.81. The van der Waals surface area contributed by atoms with Crippen molar-refractivity contribution in [2.75, 3.05) is 6.61 Å². The van der Waals surface area contributed by atoms with Crippen LogP contribution in [0.4, 0.5) is 0 Å². The molecule has 0 radical (unpaired) electrons. The average molecular weight is 154 g/mol. The van der Waals surface area contributed by atoms with E-state index in [1.807, 2.05) is 13.0 Å². The summed E-state index contributed by atoms with van der Waals surface area (Å²) < 4.78 is 5.39. The van der Waals surface area contributed by atoms with Crippen molar-refractivity contribution in [1.29, 1.82) is 0 Å². The van der Waals surface area contributed by atoms with E-state index in [-0.39, 0.29) is 12.2 Å². The average Bonchev–Trinajstić information content (AvgIpc) is 2.31. The Morgan fingerprint density at radius 2 is 2.45 bits per heavy atom. The van der Waals surface area contributed by atoms with E-state index in [0.29, 0.717) is 13.0 Å². The zero-order chi connectivity index (χ0) is 8.27. The highest BCUT2D eigenvalue weighted by atomic mass is 16.5. The number of hydrogen-bond donors (Lipinski definition) is 1. The van der Waals surface area contributed by atoms with Crippen molar-refractivity contribution in [3.05, 3.63) is 24.3 Å². The predicted molar refractivity (Wildman–Crippen MR) is 44.3 cm³/mol. The van der Waals surface area contributed by atoms with Crippen LogP contribution in [-0.2, 0) is 4.74 Å². The minimum absolute atomic E-state index is 0.0849. The first-order chi connectivity index (χ1) is 5.18. The molecular weight excluding hydrogens is 140 g/mol. The van der Waals surface area contributed by atoms with Gasteiger partial charge in [-0.2, -0.15) is 0 Å². The molecule has 0 bridgehead atoms. The summed E-state index contributed by atoms with van der Waals surface area (Å²) in [5.74, 6) is 0. The highest BCUT2D eigenvalue weighted by Crippen LogP contribution is 2.14. The van der Waals surface area contributed by atoms with E-state index in [4.69, 9.17) is 9.84 Å². The summed E-state index contributed by atoms with van der Waals surface area (Å²) in [5.41, 5.74) is 1.01. The summed E-state index contributed by atoms with van der Waals surface area (Å²) in [7, 11) is 0. The second-order valence-electron chi connectivity index (χ2n) is 2.99. The van der Waals surface area contributed by atoms with Gasteiger partial charge < -0.3 is 9.84 Å². The Kier molecular flexibility index (Phi) is 2.85. The Morgan fingerprint density at radius 3 is 2.91 bits per heavy atom. The van der Waals surface area contributed by atoms with Crippen LogP contribution in [0.3, 0.4) is 0 Å². The molecule has 0 saturated carbocycles. The van der Waals surface area contributed by atoms with Crippen molar-refractivity contribution in [3.8, 4) is 0 Å². The van der Waals surface area contributed by atoms with Crippen LogP contribution in [0.2, 0.25) is 0 Å². The highest BCUT2D eigenvalue weighted by Gasteiger charge is 2.16. The van der Waals surface area contributed by atoms with Gasteiger partial charge >= 0.3 is 0 Å². The van der Waals surface area contributed by atoms with Gasteiger partial charge in [0.15, 0.2) is 0 Å². The largest absolute Gasteiger partial charge is 0.389 e. The molecule has 2 heteroatoms. The lowest BCUT2D eigenvalue weighted by Crippen LogP contribution is -2.11. The first kappa shape index (κ1) is 8.50. The topological polar surface area (TPSA) is 29.5 Å². The molecule has 0 aromatic carbocycles. The number of aliphatic hydroxyl groups is 1. The van der Waals surface area contributed by atoms with Gasteiger partial charge in [0.2, 0.25) is 0 Å². The lowest BCUT2D eigenvalue weighted by molar-refractivity contribution is 0.0788. The van der Waals surface area contributed by atoms with Crippen LogP contribution in [0.5, 0.6) is 0 Å². The molecule has 1 aliphatic carbocycles.